The Kier molecular flexibility index (Phi) is 5.51. The Morgan fingerprint density at radius 1 is 0.906 bits per heavy atom. The normalized spacial score (nSPS) is 17.6. The second kappa shape index (κ2) is 8.03. The van der Waals surface area contributed by atoms with Crippen molar-refractivity contribution in [2.75, 3.05) is 4.90 Å². The number of ketones is 1. The number of carbonyl (C=O) groups is 2. The lowest BCUT2D eigenvalue weighted by Gasteiger charge is -2.24. The van der Waals surface area contributed by atoms with E-state index in [-0.39, 0.29) is 12.2 Å². The van der Waals surface area contributed by atoms with Crippen molar-refractivity contribution in [1.29, 1.82) is 0 Å². The van der Waals surface area contributed by atoms with Crippen LogP contribution in [0.2, 0.25) is 0 Å². The molecule has 1 N–H and O–H groups in total. The number of Topliss-reactive ketones (excluding diaryl/α,β-unsaturated/α-hetero) is 1. The Balaban J connectivity index is 1.72. The van der Waals surface area contributed by atoms with Crippen molar-refractivity contribution in [2.45, 2.75) is 53.2 Å². The summed E-state index contributed by atoms with van der Waals surface area (Å²) in [7, 11) is 0. The van der Waals surface area contributed by atoms with E-state index in [1.165, 1.54) is 0 Å². The number of hydrogen-bond acceptors (Lipinski definition) is 3. The number of fused-ring (bicyclic) bond motifs is 1. The smallest absolute Gasteiger partial charge is 0.264 e. The molecule has 32 heavy (non-hydrogen) atoms. The molecule has 4 nitrogen and oxygen atoms in total. The van der Waals surface area contributed by atoms with Gasteiger partial charge in [0.2, 0.25) is 0 Å². The van der Waals surface area contributed by atoms with Gasteiger partial charge in [-0.25, -0.2) is 0 Å². The van der Waals surface area contributed by atoms with E-state index in [1.54, 1.807) is 17.0 Å². The summed E-state index contributed by atoms with van der Waals surface area (Å²) in [6.45, 7) is 10.2. The molecular weight excluding hydrogens is 398 g/mol. The molecule has 1 atom stereocenters. The van der Waals surface area contributed by atoms with Crippen molar-refractivity contribution in [1.82, 2.24) is 0 Å². The Morgan fingerprint density at radius 3 is 2.12 bits per heavy atom. The van der Waals surface area contributed by atoms with Gasteiger partial charge >= 0.3 is 0 Å². The predicted molar refractivity (Wildman–Crippen MR) is 127 cm³/mol. The van der Waals surface area contributed by atoms with Gasteiger partial charge in [0.15, 0.2) is 11.4 Å². The molecule has 1 aliphatic rings. The van der Waals surface area contributed by atoms with Crippen molar-refractivity contribution >= 4 is 17.4 Å². The summed E-state index contributed by atoms with van der Waals surface area (Å²) in [5.74, 6) is -0.665. The fraction of sp³-hybridized carbons (Fsp3) is 0.286. The third kappa shape index (κ3) is 3.55. The second-order valence-corrected chi connectivity index (χ2v) is 8.99. The highest BCUT2D eigenvalue weighted by Crippen LogP contribution is 2.44. The van der Waals surface area contributed by atoms with Gasteiger partial charge in [0, 0.05) is 11.1 Å². The summed E-state index contributed by atoms with van der Waals surface area (Å²) in [5, 5.41) is 11.6. The van der Waals surface area contributed by atoms with Gasteiger partial charge < -0.3 is 10.0 Å². The number of benzene rings is 3. The molecule has 0 radical (unpaired) electrons. The summed E-state index contributed by atoms with van der Waals surface area (Å²) in [5.41, 5.74) is 5.85. The number of hydrogen-bond donors (Lipinski definition) is 1. The third-order valence-electron chi connectivity index (χ3n) is 6.76. The SMILES string of the molecule is Cc1ccc(CN2C(=O)C(O)(CC(=O)c3c(C)c(C)cc(C)c3C)c3ccccc32)cc1. The van der Waals surface area contributed by atoms with Crippen molar-refractivity contribution in [3.8, 4) is 0 Å². The highest BCUT2D eigenvalue weighted by atomic mass is 16.3. The first-order valence-corrected chi connectivity index (χ1v) is 10.9. The number of aliphatic hydroxyl groups is 1. The van der Waals surface area contributed by atoms with E-state index < -0.39 is 11.5 Å². The minimum absolute atomic E-state index is 0.213. The number of amides is 1. The Morgan fingerprint density at radius 2 is 1.50 bits per heavy atom. The molecule has 1 heterocycles. The van der Waals surface area contributed by atoms with Crippen LogP contribution in [0.1, 0.15) is 55.7 Å². The Labute approximate surface area is 189 Å². The van der Waals surface area contributed by atoms with Crippen LogP contribution in [0.15, 0.2) is 54.6 Å². The first kappa shape index (κ1) is 22.0. The van der Waals surface area contributed by atoms with Gasteiger partial charge in [0.1, 0.15) is 0 Å². The lowest BCUT2D eigenvalue weighted by molar-refractivity contribution is -0.136. The van der Waals surface area contributed by atoms with Crippen LogP contribution in [-0.2, 0) is 16.9 Å². The number of nitrogens with zero attached hydrogens (tertiary/aromatic N) is 1. The quantitative estimate of drug-likeness (QED) is 0.567. The monoisotopic (exact) mass is 427 g/mol. The third-order valence-corrected chi connectivity index (χ3v) is 6.76. The largest absolute Gasteiger partial charge is 0.375 e. The van der Waals surface area contributed by atoms with Crippen LogP contribution < -0.4 is 4.90 Å². The molecule has 0 saturated carbocycles. The molecule has 1 amide bonds. The molecule has 0 aliphatic carbocycles. The van der Waals surface area contributed by atoms with Gasteiger partial charge in [0.05, 0.1) is 18.7 Å². The van der Waals surface area contributed by atoms with E-state index in [2.05, 4.69) is 6.07 Å². The van der Waals surface area contributed by atoms with Crippen LogP contribution >= 0.6 is 0 Å². The zero-order valence-corrected chi connectivity index (χ0v) is 19.3. The molecule has 3 aromatic rings. The summed E-state index contributed by atoms with van der Waals surface area (Å²) in [6.07, 6.45) is -0.280. The van der Waals surface area contributed by atoms with Crippen molar-refractivity contribution < 1.29 is 14.7 Å². The van der Waals surface area contributed by atoms with Gasteiger partial charge in [-0.1, -0.05) is 54.1 Å². The molecule has 3 aromatic carbocycles. The predicted octanol–water partition coefficient (Wildman–Crippen LogP) is 5.24. The van der Waals surface area contributed by atoms with E-state index in [0.717, 1.165) is 33.4 Å². The van der Waals surface area contributed by atoms with Crippen LogP contribution in [0.25, 0.3) is 0 Å². The van der Waals surface area contributed by atoms with Crippen LogP contribution in [0, 0.1) is 34.6 Å². The van der Waals surface area contributed by atoms with Crippen LogP contribution in [-0.4, -0.2) is 16.8 Å². The average Bonchev–Trinajstić information content (AvgIpc) is 2.96. The molecule has 0 saturated heterocycles. The molecule has 0 spiro atoms. The summed E-state index contributed by atoms with van der Waals surface area (Å²) in [4.78, 5) is 28.6. The van der Waals surface area contributed by atoms with Crippen LogP contribution in [0.3, 0.4) is 0 Å². The maximum atomic E-state index is 13.5. The van der Waals surface area contributed by atoms with Gasteiger partial charge in [-0.3, -0.25) is 9.59 Å². The second-order valence-electron chi connectivity index (χ2n) is 8.99. The Bertz CT molecular complexity index is 1200. The summed E-state index contributed by atoms with van der Waals surface area (Å²) in [6, 6.07) is 17.3. The fourth-order valence-corrected chi connectivity index (χ4v) is 4.67. The molecule has 4 heteroatoms. The summed E-state index contributed by atoms with van der Waals surface area (Å²) < 4.78 is 0. The van der Waals surface area contributed by atoms with Gasteiger partial charge in [-0.15, -0.1) is 0 Å². The number of para-hydroxylation sites is 1. The van der Waals surface area contributed by atoms with E-state index >= 15 is 0 Å². The highest BCUT2D eigenvalue weighted by molar-refractivity contribution is 6.11. The molecule has 164 valence electrons. The molecule has 0 aromatic heterocycles. The van der Waals surface area contributed by atoms with E-state index in [1.807, 2.05) is 71.0 Å². The van der Waals surface area contributed by atoms with Gasteiger partial charge in [-0.2, -0.15) is 0 Å². The maximum absolute atomic E-state index is 13.5. The lowest BCUT2D eigenvalue weighted by atomic mass is 9.84. The van der Waals surface area contributed by atoms with E-state index in [0.29, 0.717) is 23.4 Å². The van der Waals surface area contributed by atoms with E-state index in [9.17, 15) is 14.7 Å². The highest BCUT2D eigenvalue weighted by Gasteiger charge is 2.51. The van der Waals surface area contributed by atoms with Crippen LogP contribution in [0.5, 0.6) is 0 Å². The molecule has 1 aliphatic heterocycles. The molecule has 0 bridgehead atoms. The lowest BCUT2D eigenvalue weighted by Crippen LogP contribution is -2.41. The number of anilines is 1. The molecule has 0 fully saturated rings. The Hall–Kier alpha value is -3.24. The topological polar surface area (TPSA) is 57.6 Å². The average molecular weight is 428 g/mol. The fourth-order valence-electron chi connectivity index (χ4n) is 4.67. The zero-order valence-electron chi connectivity index (χ0n) is 19.3. The molecular formula is C28H29NO3. The van der Waals surface area contributed by atoms with Crippen molar-refractivity contribution in [3.63, 3.8) is 0 Å². The van der Waals surface area contributed by atoms with Crippen LogP contribution in [0.4, 0.5) is 5.69 Å². The first-order chi connectivity index (χ1) is 15.1. The molecule has 4 rings (SSSR count). The van der Waals surface area contributed by atoms with Gasteiger partial charge in [-0.05, 0) is 68.5 Å². The minimum Gasteiger partial charge on any atom is -0.375 e. The minimum atomic E-state index is -1.88. The number of aryl methyl sites for hydroxylation is 3. The summed E-state index contributed by atoms with van der Waals surface area (Å²) >= 11 is 0. The van der Waals surface area contributed by atoms with E-state index in [4.69, 9.17) is 0 Å². The zero-order chi connectivity index (χ0) is 23.2. The van der Waals surface area contributed by atoms with Crippen molar-refractivity contribution in [3.05, 3.63) is 99.1 Å². The number of carbonyl (C=O) groups excluding carboxylic acids is 2. The maximum Gasteiger partial charge on any atom is 0.264 e. The number of rotatable bonds is 5. The first-order valence-electron chi connectivity index (χ1n) is 10.9. The van der Waals surface area contributed by atoms with Crippen molar-refractivity contribution in [2.24, 2.45) is 0 Å². The molecule has 1 unspecified atom stereocenters. The van der Waals surface area contributed by atoms with Gasteiger partial charge in [0.25, 0.3) is 5.91 Å². The standard InChI is InChI=1S/C28H29NO3/c1-17-10-12-22(13-11-17)16-29-24-9-7-6-8-23(24)28(32,27(29)31)15-25(30)26-20(4)18(2)14-19(3)21(26)5/h6-14,32H,15-16H2,1-5H3.